The Kier molecular flexibility index (Phi) is 3.26. The van der Waals surface area contributed by atoms with Crippen LogP contribution in [0.2, 0.25) is 0 Å². The predicted octanol–water partition coefficient (Wildman–Crippen LogP) is 2.17. The zero-order valence-electron chi connectivity index (χ0n) is 11.1. The Bertz CT molecular complexity index is 755. The van der Waals surface area contributed by atoms with Crippen molar-refractivity contribution in [3.63, 3.8) is 0 Å². The van der Waals surface area contributed by atoms with E-state index in [1.165, 1.54) is 30.3 Å². The van der Waals surface area contributed by atoms with Gasteiger partial charge in [-0.2, -0.15) is 0 Å². The van der Waals surface area contributed by atoms with Crippen LogP contribution in [0.1, 0.15) is 22.0 Å². The van der Waals surface area contributed by atoms with Gasteiger partial charge in [0.25, 0.3) is 0 Å². The molecule has 7 heteroatoms. The van der Waals surface area contributed by atoms with Gasteiger partial charge in [0.05, 0.1) is 0 Å². The SMILES string of the molecule is O=Nc1ccc(C2Oc3cc(O)cc(O)c3C(=O)C2O)cc1. The molecule has 3 rings (SSSR count). The molecule has 112 valence electrons. The molecule has 0 bridgehead atoms. The highest BCUT2D eigenvalue weighted by Crippen LogP contribution is 2.41. The standard InChI is InChI=1S/C15H11NO6/c17-9-5-10(18)12-11(6-9)22-15(14(20)13(12)19)7-1-3-8(16-21)4-2-7/h1-6,14-15,17-18,20H. The van der Waals surface area contributed by atoms with Crippen molar-refractivity contribution in [2.24, 2.45) is 5.18 Å². The number of phenols is 2. The van der Waals surface area contributed by atoms with Crippen molar-refractivity contribution in [3.8, 4) is 17.2 Å². The average Bonchev–Trinajstić information content (AvgIpc) is 2.50. The van der Waals surface area contributed by atoms with E-state index in [0.717, 1.165) is 6.07 Å². The number of aromatic hydroxyl groups is 2. The van der Waals surface area contributed by atoms with Crippen LogP contribution in [0.3, 0.4) is 0 Å². The summed E-state index contributed by atoms with van der Waals surface area (Å²) in [6.45, 7) is 0. The molecule has 1 aliphatic rings. The molecule has 2 atom stereocenters. The van der Waals surface area contributed by atoms with E-state index in [1.54, 1.807) is 0 Å². The fourth-order valence-corrected chi connectivity index (χ4v) is 2.39. The van der Waals surface area contributed by atoms with Crippen LogP contribution < -0.4 is 4.74 Å². The van der Waals surface area contributed by atoms with Gasteiger partial charge in [-0.3, -0.25) is 4.79 Å². The second-order valence-corrected chi connectivity index (χ2v) is 4.87. The largest absolute Gasteiger partial charge is 0.508 e. The number of fused-ring (bicyclic) bond motifs is 1. The van der Waals surface area contributed by atoms with Crippen LogP contribution in [0, 0.1) is 4.91 Å². The van der Waals surface area contributed by atoms with Gasteiger partial charge in [0.15, 0.2) is 12.2 Å². The van der Waals surface area contributed by atoms with Gasteiger partial charge in [-0.1, -0.05) is 12.1 Å². The number of hydrogen-bond donors (Lipinski definition) is 3. The van der Waals surface area contributed by atoms with Gasteiger partial charge in [0, 0.05) is 12.1 Å². The predicted molar refractivity (Wildman–Crippen MR) is 75.4 cm³/mol. The van der Waals surface area contributed by atoms with Crippen LogP contribution in [-0.2, 0) is 0 Å². The van der Waals surface area contributed by atoms with E-state index in [0.29, 0.717) is 5.56 Å². The lowest BCUT2D eigenvalue weighted by molar-refractivity contribution is 0.0211. The van der Waals surface area contributed by atoms with E-state index in [-0.39, 0.29) is 22.7 Å². The fraction of sp³-hybridized carbons (Fsp3) is 0.133. The number of phenolic OH excluding ortho intramolecular Hbond substituents is 2. The van der Waals surface area contributed by atoms with Gasteiger partial charge in [0.1, 0.15) is 28.5 Å². The first-order chi connectivity index (χ1) is 10.5. The number of Topliss-reactive ketones (excluding diaryl/α,β-unsaturated/α-hetero) is 1. The third-order valence-corrected chi connectivity index (χ3v) is 3.45. The molecule has 7 nitrogen and oxygen atoms in total. The molecule has 22 heavy (non-hydrogen) atoms. The molecule has 0 saturated heterocycles. The van der Waals surface area contributed by atoms with Gasteiger partial charge in [-0.05, 0) is 22.9 Å². The van der Waals surface area contributed by atoms with Crippen LogP contribution in [0.5, 0.6) is 17.2 Å². The first-order valence-electron chi connectivity index (χ1n) is 6.39. The van der Waals surface area contributed by atoms with Crippen LogP contribution in [0.15, 0.2) is 41.6 Å². The molecular formula is C15H11NO6. The molecule has 0 radical (unpaired) electrons. The van der Waals surface area contributed by atoms with E-state index in [9.17, 15) is 25.0 Å². The van der Waals surface area contributed by atoms with E-state index in [2.05, 4.69) is 5.18 Å². The normalized spacial score (nSPS) is 20.1. The van der Waals surface area contributed by atoms with E-state index in [1.807, 2.05) is 0 Å². The highest BCUT2D eigenvalue weighted by Gasteiger charge is 2.39. The molecule has 2 aromatic rings. The summed E-state index contributed by atoms with van der Waals surface area (Å²) >= 11 is 0. The summed E-state index contributed by atoms with van der Waals surface area (Å²) in [4.78, 5) is 22.6. The molecule has 2 unspecified atom stereocenters. The van der Waals surface area contributed by atoms with Gasteiger partial charge in [0.2, 0.25) is 5.78 Å². The van der Waals surface area contributed by atoms with Crippen molar-refractivity contribution in [1.29, 1.82) is 0 Å². The molecule has 3 N–H and O–H groups in total. The van der Waals surface area contributed by atoms with Crippen molar-refractivity contribution >= 4 is 11.5 Å². The Morgan fingerprint density at radius 1 is 1.09 bits per heavy atom. The maximum absolute atomic E-state index is 12.2. The van der Waals surface area contributed by atoms with E-state index >= 15 is 0 Å². The van der Waals surface area contributed by atoms with Crippen LogP contribution in [0.4, 0.5) is 5.69 Å². The quantitative estimate of drug-likeness (QED) is 0.732. The second kappa shape index (κ2) is 5.12. The number of ether oxygens (including phenoxy) is 1. The number of ketones is 1. The monoisotopic (exact) mass is 301 g/mol. The number of nitroso groups, excluding NO2 is 1. The number of carbonyl (C=O) groups excluding carboxylic acids is 1. The highest BCUT2D eigenvalue weighted by molar-refractivity contribution is 6.05. The summed E-state index contributed by atoms with van der Waals surface area (Å²) in [5, 5.41) is 32.1. The summed E-state index contributed by atoms with van der Waals surface area (Å²) in [7, 11) is 0. The fourth-order valence-electron chi connectivity index (χ4n) is 2.39. The number of rotatable bonds is 2. The van der Waals surface area contributed by atoms with Crippen molar-refractivity contribution in [3.05, 3.63) is 52.4 Å². The van der Waals surface area contributed by atoms with Gasteiger partial charge < -0.3 is 20.1 Å². The molecule has 1 aliphatic heterocycles. The third kappa shape index (κ3) is 2.17. The molecule has 0 spiro atoms. The van der Waals surface area contributed by atoms with E-state index in [4.69, 9.17) is 4.74 Å². The minimum Gasteiger partial charge on any atom is -0.508 e. The smallest absolute Gasteiger partial charge is 0.202 e. The van der Waals surface area contributed by atoms with Crippen molar-refractivity contribution < 1.29 is 24.9 Å². The minimum atomic E-state index is -1.52. The Hall–Kier alpha value is -2.93. The molecular weight excluding hydrogens is 290 g/mol. The molecule has 0 fully saturated rings. The van der Waals surface area contributed by atoms with Gasteiger partial charge in [-0.25, -0.2) is 0 Å². The maximum atomic E-state index is 12.2. The molecule has 0 aromatic heterocycles. The first-order valence-corrected chi connectivity index (χ1v) is 6.39. The molecule has 0 saturated carbocycles. The zero-order valence-corrected chi connectivity index (χ0v) is 11.1. The topological polar surface area (TPSA) is 116 Å². The van der Waals surface area contributed by atoms with Crippen LogP contribution in [-0.4, -0.2) is 27.2 Å². The molecule has 1 heterocycles. The van der Waals surface area contributed by atoms with Crippen molar-refractivity contribution in [2.45, 2.75) is 12.2 Å². The Morgan fingerprint density at radius 2 is 1.77 bits per heavy atom. The minimum absolute atomic E-state index is 0.0182. The van der Waals surface area contributed by atoms with Crippen LogP contribution in [0.25, 0.3) is 0 Å². The van der Waals surface area contributed by atoms with Gasteiger partial charge in [-0.15, -0.1) is 4.91 Å². The third-order valence-electron chi connectivity index (χ3n) is 3.45. The number of benzene rings is 2. The number of carbonyl (C=O) groups is 1. The maximum Gasteiger partial charge on any atom is 0.202 e. The molecule has 2 aromatic carbocycles. The number of aliphatic hydroxyl groups excluding tert-OH is 1. The summed E-state index contributed by atoms with van der Waals surface area (Å²) in [6.07, 6.45) is -2.53. The number of hydrogen-bond acceptors (Lipinski definition) is 7. The Morgan fingerprint density at radius 3 is 2.41 bits per heavy atom. The zero-order chi connectivity index (χ0) is 15.9. The lowest BCUT2D eigenvalue weighted by Gasteiger charge is -2.30. The van der Waals surface area contributed by atoms with Crippen LogP contribution >= 0.6 is 0 Å². The summed E-state index contributed by atoms with van der Waals surface area (Å²) in [5.41, 5.74) is 0.491. The first kappa shape index (κ1) is 14.0. The number of aliphatic hydroxyl groups is 1. The summed E-state index contributed by atoms with van der Waals surface area (Å²) < 4.78 is 5.54. The Balaban J connectivity index is 2.04. The Labute approximate surface area is 124 Å². The van der Waals surface area contributed by atoms with Crippen molar-refractivity contribution in [1.82, 2.24) is 0 Å². The summed E-state index contributed by atoms with van der Waals surface area (Å²) in [5.74, 6) is -1.45. The number of nitrogens with zero attached hydrogens (tertiary/aromatic N) is 1. The van der Waals surface area contributed by atoms with Crippen molar-refractivity contribution in [2.75, 3.05) is 0 Å². The lowest BCUT2D eigenvalue weighted by atomic mass is 9.93. The highest BCUT2D eigenvalue weighted by atomic mass is 16.5. The second-order valence-electron chi connectivity index (χ2n) is 4.87. The lowest BCUT2D eigenvalue weighted by Crippen LogP contribution is -2.36. The molecule has 0 amide bonds. The summed E-state index contributed by atoms with van der Waals surface area (Å²) in [6, 6.07) is 8.05. The average molecular weight is 301 g/mol. The molecule has 0 aliphatic carbocycles. The van der Waals surface area contributed by atoms with E-state index < -0.39 is 23.7 Å². The van der Waals surface area contributed by atoms with Gasteiger partial charge >= 0.3 is 0 Å².